The SMILES string of the molecule is Cc1ccc([C@@H](C(=O)NC(C)(C)C)N(C(=O)CCC(=O)Nc2nccs2)c2ccccc2F)cc1. The number of anilines is 2. The molecule has 7 nitrogen and oxygen atoms in total. The first-order valence-electron chi connectivity index (χ1n) is 11.2. The molecule has 184 valence electrons. The van der Waals surface area contributed by atoms with E-state index in [4.69, 9.17) is 0 Å². The summed E-state index contributed by atoms with van der Waals surface area (Å²) in [5.41, 5.74) is 0.886. The summed E-state index contributed by atoms with van der Waals surface area (Å²) >= 11 is 1.26. The van der Waals surface area contributed by atoms with Gasteiger partial charge in [-0.25, -0.2) is 9.37 Å². The van der Waals surface area contributed by atoms with Gasteiger partial charge in [-0.2, -0.15) is 0 Å². The number of rotatable bonds is 8. The molecule has 0 spiro atoms. The first-order chi connectivity index (χ1) is 16.5. The van der Waals surface area contributed by atoms with Gasteiger partial charge in [-0.05, 0) is 45.4 Å². The number of aryl methyl sites for hydroxylation is 1. The fourth-order valence-corrected chi connectivity index (χ4v) is 4.02. The molecule has 35 heavy (non-hydrogen) atoms. The fraction of sp³-hybridized carbons (Fsp3) is 0.308. The highest BCUT2D eigenvalue weighted by Crippen LogP contribution is 2.31. The Morgan fingerprint density at radius 2 is 1.74 bits per heavy atom. The number of amides is 3. The number of hydrogen-bond acceptors (Lipinski definition) is 5. The molecule has 1 heterocycles. The number of carbonyl (C=O) groups excluding carboxylic acids is 3. The average Bonchev–Trinajstić information content (AvgIpc) is 3.29. The number of aromatic nitrogens is 1. The van der Waals surface area contributed by atoms with Crippen LogP contribution in [0.25, 0.3) is 0 Å². The molecular formula is C26H29FN4O3S. The van der Waals surface area contributed by atoms with Gasteiger partial charge in [0, 0.05) is 30.0 Å². The van der Waals surface area contributed by atoms with Crippen molar-refractivity contribution in [1.82, 2.24) is 10.3 Å². The Morgan fingerprint density at radius 1 is 1.06 bits per heavy atom. The molecular weight excluding hydrogens is 467 g/mol. The van der Waals surface area contributed by atoms with E-state index in [1.165, 1.54) is 29.5 Å². The second-order valence-corrected chi connectivity index (χ2v) is 10.0. The fourth-order valence-electron chi connectivity index (χ4n) is 3.48. The first-order valence-corrected chi connectivity index (χ1v) is 12.1. The quantitative estimate of drug-likeness (QED) is 0.459. The van der Waals surface area contributed by atoms with E-state index in [1.807, 2.05) is 39.8 Å². The van der Waals surface area contributed by atoms with Crippen LogP contribution < -0.4 is 15.5 Å². The van der Waals surface area contributed by atoms with Gasteiger partial charge in [0.2, 0.25) is 17.7 Å². The Kier molecular flexibility index (Phi) is 8.34. The summed E-state index contributed by atoms with van der Waals surface area (Å²) in [5, 5.41) is 7.69. The van der Waals surface area contributed by atoms with Crippen molar-refractivity contribution in [1.29, 1.82) is 0 Å². The van der Waals surface area contributed by atoms with Crippen molar-refractivity contribution in [3.05, 3.63) is 77.1 Å². The number of benzene rings is 2. The third-order valence-corrected chi connectivity index (χ3v) is 5.71. The molecule has 1 atom stereocenters. The molecule has 0 aliphatic rings. The number of halogens is 1. The predicted octanol–water partition coefficient (Wildman–Crippen LogP) is 5.00. The maximum absolute atomic E-state index is 15.0. The third-order valence-electron chi connectivity index (χ3n) is 5.02. The average molecular weight is 497 g/mol. The zero-order valence-corrected chi connectivity index (χ0v) is 21.0. The van der Waals surface area contributed by atoms with Crippen LogP contribution in [0.3, 0.4) is 0 Å². The minimum atomic E-state index is -1.14. The van der Waals surface area contributed by atoms with Crippen LogP contribution in [0.2, 0.25) is 0 Å². The minimum absolute atomic E-state index is 0.0348. The Balaban J connectivity index is 1.97. The predicted molar refractivity (Wildman–Crippen MR) is 136 cm³/mol. The Hall–Kier alpha value is -3.59. The molecule has 2 aromatic carbocycles. The van der Waals surface area contributed by atoms with Crippen LogP contribution in [-0.2, 0) is 14.4 Å². The maximum Gasteiger partial charge on any atom is 0.248 e. The molecule has 0 aliphatic carbocycles. The van der Waals surface area contributed by atoms with E-state index in [1.54, 1.807) is 29.8 Å². The number of thiazole rings is 1. The van der Waals surface area contributed by atoms with Gasteiger partial charge in [0.1, 0.15) is 11.9 Å². The summed E-state index contributed by atoms with van der Waals surface area (Å²) in [7, 11) is 0. The van der Waals surface area contributed by atoms with Gasteiger partial charge in [-0.15, -0.1) is 11.3 Å². The lowest BCUT2D eigenvalue weighted by molar-refractivity contribution is -0.128. The molecule has 0 saturated carbocycles. The van der Waals surface area contributed by atoms with E-state index in [2.05, 4.69) is 15.6 Å². The van der Waals surface area contributed by atoms with Gasteiger partial charge >= 0.3 is 0 Å². The van der Waals surface area contributed by atoms with Crippen LogP contribution >= 0.6 is 11.3 Å². The minimum Gasteiger partial charge on any atom is -0.349 e. The summed E-state index contributed by atoms with van der Waals surface area (Å²) in [4.78, 5) is 44.6. The maximum atomic E-state index is 15.0. The summed E-state index contributed by atoms with van der Waals surface area (Å²) < 4.78 is 15.0. The van der Waals surface area contributed by atoms with Crippen LogP contribution in [0, 0.1) is 12.7 Å². The number of nitrogens with one attached hydrogen (secondary N) is 2. The van der Waals surface area contributed by atoms with E-state index < -0.39 is 35.1 Å². The van der Waals surface area contributed by atoms with Crippen molar-refractivity contribution >= 4 is 39.9 Å². The highest BCUT2D eigenvalue weighted by Gasteiger charge is 2.35. The second-order valence-electron chi connectivity index (χ2n) is 9.15. The highest BCUT2D eigenvalue weighted by molar-refractivity contribution is 7.13. The van der Waals surface area contributed by atoms with Crippen LogP contribution in [0.5, 0.6) is 0 Å². The zero-order valence-electron chi connectivity index (χ0n) is 20.2. The summed E-state index contributed by atoms with van der Waals surface area (Å²) in [6.07, 6.45) is 1.19. The van der Waals surface area contributed by atoms with Crippen LogP contribution in [-0.4, -0.2) is 28.2 Å². The van der Waals surface area contributed by atoms with Crippen molar-refractivity contribution in [3.8, 4) is 0 Å². The molecule has 0 bridgehead atoms. The van der Waals surface area contributed by atoms with Crippen LogP contribution in [0.4, 0.5) is 15.2 Å². The molecule has 0 aliphatic heterocycles. The van der Waals surface area contributed by atoms with Crippen LogP contribution in [0.1, 0.15) is 50.8 Å². The standard InChI is InChI=1S/C26H29FN4O3S/c1-17-9-11-18(12-10-17)23(24(34)30-26(2,3)4)31(20-8-6-5-7-19(20)27)22(33)14-13-21(32)29-25-28-15-16-35-25/h5-12,15-16,23H,13-14H2,1-4H3,(H,30,34)(H,28,29,32)/t23-/m0/s1. The molecule has 0 unspecified atom stereocenters. The monoisotopic (exact) mass is 496 g/mol. The zero-order chi connectivity index (χ0) is 25.6. The van der Waals surface area contributed by atoms with Gasteiger partial charge in [0.25, 0.3) is 0 Å². The van der Waals surface area contributed by atoms with Crippen molar-refractivity contribution in [2.45, 2.75) is 52.1 Å². The summed E-state index contributed by atoms with van der Waals surface area (Å²) in [6, 6.07) is 11.8. The van der Waals surface area contributed by atoms with Crippen LogP contribution in [0.15, 0.2) is 60.1 Å². The first kappa shape index (κ1) is 26.0. The number of hydrogen-bond donors (Lipinski definition) is 2. The molecule has 2 N–H and O–H groups in total. The molecule has 1 aromatic heterocycles. The number of nitrogens with zero attached hydrogens (tertiary/aromatic N) is 2. The summed E-state index contributed by atoms with van der Waals surface area (Å²) in [6.45, 7) is 7.40. The van der Waals surface area contributed by atoms with Gasteiger partial charge in [0.05, 0.1) is 5.69 Å². The van der Waals surface area contributed by atoms with Crippen molar-refractivity contribution in [2.24, 2.45) is 0 Å². The lowest BCUT2D eigenvalue weighted by Gasteiger charge is -2.34. The molecule has 0 radical (unpaired) electrons. The van der Waals surface area contributed by atoms with Gasteiger partial charge < -0.3 is 10.6 Å². The smallest absolute Gasteiger partial charge is 0.248 e. The number of para-hydroxylation sites is 1. The topological polar surface area (TPSA) is 91.4 Å². The third kappa shape index (κ3) is 7.19. The molecule has 0 saturated heterocycles. The Bertz CT molecular complexity index is 1170. The van der Waals surface area contributed by atoms with E-state index in [9.17, 15) is 18.8 Å². The largest absolute Gasteiger partial charge is 0.349 e. The lowest BCUT2D eigenvalue weighted by Crippen LogP contribution is -2.49. The Morgan fingerprint density at radius 3 is 2.34 bits per heavy atom. The molecule has 3 aromatic rings. The molecule has 3 rings (SSSR count). The van der Waals surface area contributed by atoms with Crippen molar-refractivity contribution in [3.63, 3.8) is 0 Å². The molecule has 0 fully saturated rings. The second kappa shape index (κ2) is 11.2. The molecule has 3 amide bonds. The lowest BCUT2D eigenvalue weighted by atomic mass is 9.99. The summed E-state index contributed by atoms with van der Waals surface area (Å²) in [5.74, 6) is -2.05. The van der Waals surface area contributed by atoms with Gasteiger partial charge in [-0.1, -0.05) is 42.0 Å². The van der Waals surface area contributed by atoms with Crippen molar-refractivity contribution < 1.29 is 18.8 Å². The Labute approximate surface area is 208 Å². The van der Waals surface area contributed by atoms with E-state index in [-0.39, 0.29) is 18.5 Å². The van der Waals surface area contributed by atoms with Crippen molar-refractivity contribution in [2.75, 3.05) is 10.2 Å². The molecule has 9 heteroatoms. The highest BCUT2D eigenvalue weighted by atomic mass is 32.1. The van der Waals surface area contributed by atoms with E-state index >= 15 is 0 Å². The van der Waals surface area contributed by atoms with E-state index in [0.29, 0.717) is 10.7 Å². The van der Waals surface area contributed by atoms with Gasteiger partial charge in [0.15, 0.2) is 5.13 Å². The van der Waals surface area contributed by atoms with E-state index in [0.717, 1.165) is 10.5 Å². The number of carbonyl (C=O) groups is 3. The van der Waals surface area contributed by atoms with Gasteiger partial charge in [-0.3, -0.25) is 19.3 Å². The normalized spacial score (nSPS) is 12.0.